The van der Waals surface area contributed by atoms with E-state index < -0.39 is 4.92 Å². The Kier molecular flexibility index (Phi) is 3.19. The molecule has 0 saturated heterocycles. The second-order valence-electron chi connectivity index (χ2n) is 3.48. The predicted molar refractivity (Wildman–Crippen MR) is 65.4 cm³/mol. The van der Waals surface area contributed by atoms with E-state index in [0.717, 1.165) is 11.4 Å². The van der Waals surface area contributed by atoms with Crippen molar-refractivity contribution in [3.63, 3.8) is 0 Å². The fourth-order valence-electron chi connectivity index (χ4n) is 1.31. The molecule has 1 heterocycles. The van der Waals surface area contributed by atoms with Crippen molar-refractivity contribution in [1.82, 2.24) is 15.0 Å². The number of non-ortho nitro benzene ring substituents is 1. The van der Waals surface area contributed by atoms with E-state index in [9.17, 15) is 10.1 Å². The summed E-state index contributed by atoms with van der Waals surface area (Å²) < 4.78 is 1.58. The Bertz CT molecular complexity index is 535. The molecule has 17 heavy (non-hydrogen) atoms. The Labute approximate surface area is 106 Å². The van der Waals surface area contributed by atoms with Gasteiger partial charge < -0.3 is 0 Å². The first-order chi connectivity index (χ1) is 8.08. The topological polar surface area (TPSA) is 73.8 Å². The molecule has 0 bridgehead atoms. The quantitative estimate of drug-likeness (QED) is 0.496. The molecule has 6 nitrogen and oxygen atoms in total. The summed E-state index contributed by atoms with van der Waals surface area (Å²) >= 11 is 3.39. The van der Waals surface area contributed by atoms with Crippen molar-refractivity contribution in [2.24, 2.45) is 0 Å². The highest BCUT2D eigenvalue weighted by molar-refractivity contribution is 9.09. The Hall–Kier alpha value is -1.76. The van der Waals surface area contributed by atoms with Crippen molar-refractivity contribution in [1.29, 1.82) is 0 Å². The van der Waals surface area contributed by atoms with E-state index in [4.69, 9.17) is 0 Å². The Morgan fingerprint density at radius 3 is 2.53 bits per heavy atom. The van der Waals surface area contributed by atoms with Gasteiger partial charge in [0, 0.05) is 12.1 Å². The summed E-state index contributed by atoms with van der Waals surface area (Å²) in [6.07, 6.45) is 1.78. The zero-order valence-electron chi connectivity index (χ0n) is 8.95. The second kappa shape index (κ2) is 4.62. The first kappa shape index (κ1) is 11.7. The number of nitrogens with zero attached hydrogens (tertiary/aromatic N) is 4. The maximum absolute atomic E-state index is 10.5. The molecule has 0 aliphatic carbocycles. The maximum Gasteiger partial charge on any atom is 0.269 e. The summed E-state index contributed by atoms with van der Waals surface area (Å²) in [7, 11) is 0. The summed E-state index contributed by atoms with van der Waals surface area (Å²) in [5, 5.41) is 18.4. The van der Waals surface area contributed by atoms with Gasteiger partial charge in [0.15, 0.2) is 0 Å². The van der Waals surface area contributed by atoms with Gasteiger partial charge in [-0.15, -0.1) is 5.10 Å². The standard InChI is InChI=1S/C10H9BrN4O2/c1-7(11)10-6-14(13-12-10)8-2-4-9(5-3-8)15(16)17/h2-7H,1H3. The molecule has 0 amide bonds. The zero-order chi connectivity index (χ0) is 12.4. The van der Waals surface area contributed by atoms with Gasteiger partial charge in [-0.3, -0.25) is 10.1 Å². The van der Waals surface area contributed by atoms with Gasteiger partial charge in [0.1, 0.15) is 0 Å². The van der Waals surface area contributed by atoms with Crippen LogP contribution >= 0.6 is 15.9 Å². The largest absolute Gasteiger partial charge is 0.269 e. The lowest BCUT2D eigenvalue weighted by Gasteiger charge is -1.99. The minimum atomic E-state index is -0.433. The van der Waals surface area contributed by atoms with Crippen LogP contribution in [0.4, 0.5) is 5.69 Å². The van der Waals surface area contributed by atoms with Crippen LogP contribution in [0.5, 0.6) is 0 Å². The first-order valence-corrected chi connectivity index (χ1v) is 5.80. The maximum atomic E-state index is 10.5. The van der Waals surface area contributed by atoms with Gasteiger partial charge in [0.25, 0.3) is 5.69 Å². The third-order valence-corrected chi connectivity index (χ3v) is 2.71. The van der Waals surface area contributed by atoms with Crippen LogP contribution in [-0.4, -0.2) is 19.9 Å². The van der Waals surface area contributed by atoms with Crippen LogP contribution in [-0.2, 0) is 0 Å². The average Bonchev–Trinajstić information content (AvgIpc) is 2.78. The summed E-state index contributed by atoms with van der Waals surface area (Å²) in [6.45, 7) is 1.95. The second-order valence-corrected chi connectivity index (χ2v) is 4.85. The predicted octanol–water partition coefficient (Wildman–Crippen LogP) is 2.63. The van der Waals surface area contributed by atoms with Crippen molar-refractivity contribution in [2.75, 3.05) is 0 Å². The van der Waals surface area contributed by atoms with Crippen LogP contribution in [0.25, 0.3) is 5.69 Å². The van der Waals surface area contributed by atoms with E-state index in [1.165, 1.54) is 12.1 Å². The van der Waals surface area contributed by atoms with E-state index in [0.29, 0.717) is 0 Å². The number of halogens is 1. The molecular weight excluding hydrogens is 288 g/mol. The fourth-order valence-corrected chi connectivity index (χ4v) is 1.52. The fraction of sp³-hybridized carbons (Fsp3) is 0.200. The molecule has 2 rings (SSSR count). The van der Waals surface area contributed by atoms with Gasteiger partial charge >= 0.3 is 0 Å². The van der Waals surface area contributed by atoms with Crippen LogP contribution < -0.4 is 0 Å². The molecule has 2 aromatic rings. The van der Waals surface area contributed by atoms with Crippen LogP contribution in [0.3, 0.4) is 0 Å². The van der Waals surface area contributed by atoms with Crippen molar-refractivity contribution < 1.29 is 4.92 Å². The SMILES string of the molecule is CC(Br)c1cn(-c2ccc([N+](=O)[O-])cc2)nn1. The van der Waals surface area contributed by atoms with Crippen LogP contribution in [0.1, 0.15) is 17.4 Å². The van der Waals surface area contributed by atoms with Gasteiger partial charge in [-0.2, -0.15) is 0 Å². The number of hydrogen-bond donors (Lipinski definition) is 0. The Balaban J connectivity index is 2.30. The van der Waals surface area contributed by atoms with Gasteiger partial charge in [-0.05, 0) is 19.1 Å². The summed E-state index contributed by atoms with van der Waals surface area (Å²) in [6, 6.07) is 6.15. The van der Waals surface area contributed by atoms with E-state index in [-0.39, 0.29) is 10.5 Å². The highest BCUT2D eigenvalue weighted by Gasteiger charge is 2.09. The number of alkyl halides is 1. The van der Waals surface area contributed by atoms with E-state index in [1.54, 1.807) is 23.0 Å². The minimum Gasteiger partial charge on any atom is -0.258 e. The summed E-state index contributed by atoms with van der Waals surface area (Å²) in [4.78, 5) is 10.2. The van der Waals surface area contributed by atoms with Crippen LogP contribution in [0.2, 0.25) is 0 Å². The lowest BCUT2D eigenvalue weighted by Crippen LogP contribution is -1.95. The normalized spacial score (nSPS) is 12.4. The molecule has 1 aromatic heterocycles. The van der Waals surface area contributed by atoms with Gasteiger partial charge in [0.05, 0.1) is 27.3 Å². The van der Waals surface area contributed by atoms with Crippen molar-refractivity contribution in [2.45, 2.75) is 11.8 Å². The molecule has 1 unspecified atom stereocenters. The van der Waals surface area contributed by atoms with E-state index in [2.05, 4.69) is 26.2 Å². The molecule has 0 aliphatic heterocycles. The minimum absolute atomic E-state index is 0.0583. The molecule has 88 valence electrons. The molecule has 0 radical (unpaired) electrons. The van der Waals surface area contributed by atoms with Crippen molar-refractivity contribution in [3.8, 4) is 5.69 Å². The number of nitro groups is 1. The average molecular weight is 297 g/mol. The Morgan fingerprint density at radius 2 is 2.06 bits per heavy atom. The number of rotatable bonds is 3. The highest BCUT2D eigenvalue weighted by Crippen LogP contribution is 2.20. The number of benzene rings is 1. The molecule has 0 saturated carbocycles. The molecule has 0 fully saturated rings. The lowest BCUT2D eigenvalue weighted by molar-refractivity contribution is -0.384. The third kappa shape index (κ3) is 2.50. The molecule has 0 N–H and O–H groups in total. The molecule has 1 aromatic carbocycles. The van der Waals surface area contributed by atoms with Gasteiger partial charge in [0.2, 0.25) is 0 Å². The van der Waals surface area contributed by atoms with Gasteiger partial charge in [-0.25, -0.2) is 4.68 Å². The molecular formula is C10H9BrN4O2. The van der Waals surface area contributed by atoms with Gasteiger partial charge in [-0.1, -0.05) is 21.1 Å². The first-order valence-electron chi connectivity index (χ1n) is 4.89. The molecule has 0 spiro atoms. The lowest BCUT2D eigenvalue weighted by atomic mass is 10.3. The van der Waals surface area contributed by atoms with E-state index in [1.807, 2.05) is 6.92 Å². The van der Waals surface area contributed by atoms with Crippen molar-refractivity contribution >= 4 is 21.6 Å². The summed E-state index contributed by atoms with van der Waals surface area (Å²) in [5.41, 5.74) is 1.61. The van der Waals surface area contributed by atoms with Crippen molar-refractivity contribution in [3.05, 3.63) is 46.3 Å². The highest BCUT2D eigenvalue weighted by atomic mass is 79.9. The third-order valence-electron chi connectivity index (χ3n) is 2.24. The van der Waals surface area contributed by atoms with Crippen LogP contribution in [0.15, 0.2) is 30.5 Å². The smallest absolute Gasteiger partial charge is 0.258 e. The molecule has 7 heteroatoms. The zero-order valence-corrected chi connectivity index (χ0v) is 10.5. The molecule has 0 aliphatic rings. The monoisotopic (exact) mass is 296 g/mol. The van der Waals surface area contributed by atoms with E-state index >= 15 is 0 Å². The molecule has 1 atom stereocenters. The number of aromatic nitrogens is 3. The van der Waals surface area contributed by atoms with Crippen LogP contribution in [0, 0.1) is 10.1 Å². The number of hydrogen-bond acceptors (Lipinski definition) is 4. The Morgan fingerprint density at radius 1 is 1.41 bits per heavy atom. The summed E-state index contributed by atoms with van der Waals surface area (Å²) in [5.74, 6) is 0. The number of nitro benzene ring substituents is 1.